The summed E-state index contributed by atoms with van der Waals surface area (Å²) in [5.74, 6) is -1.65. The van der Waals surface area contributed by atoms with Crippen LogP contribution in [-0.4, -0.2) is 67.8 Å². The summed E-state index contributed by atoms with van der Waals surface area (Å²) in [4.78, 5) is 41.6. The topological polar surface area (TPSA) is 267 Å². The Hall–Kier alpha value is -3.56. The van der Waals surface area contributed by atoms with Crippen LogP contribution in [0.5, 0.6) is 0 Å². The van der Waals surface area contributed by atoms with Crippen LogP contribution in [0, 0.1) is 12.8 Å². The molecule has 0 spiro atoms. The van der Waals surface area contributed by atoms with E-state index >= 15 is 0 Å². The molecule has 2 heterocycles. The number of aryl methyl sites for hydroxylation is 1. The molecule has 14 nitrogen and oxygen atoms in total. The molecule has 208 valence electrons. The van der Waals surface area contributed by atoms with E-state index in [1.54, 1.807) is 6.20 Å². The van der Waals surface area contributed by atoms with Crippen molar-refractivity contribution in [2.24, 2.45) is 33.8 Å². The van der Waals surface area contributed by atoms with Gasteiger partial charge in [0, 0.05) is 23.4 Å². The van der Waals surface area contributed by atoms with Crippen molar-refractivity contribution in [2.75, 3.05) is 6.54 Å². The smallest absolute Gasteiger partial charge is 0.337 e. The van der Waals surface area contributed by atoms with Crippen molar-refractivity contribution >= 4 is 39.8 Å². The normalized spacial score (nSPS) is 11.2. The SMILES string of the molecule is CC(C)C[C@H](N)C(=O)O.Cc1cnco1.NC(N)=NCCC[C@H](N)C(=O)O.O=C(O)c1cncc(Br)c1. The Labute approximate surface area is 223 Å². The zero-order chi connectivity index (χ0) is 29.0. The number of nitrogens with zero attached hydrogens (tertiary/aromatic N) is 3. The maximum atomic E-state index is 10.3. The third kappa shape index (κ3) is 22.6. The largest absolute Gasteiger partial charge is 0.480 e. The van der Waals surface area contributed by atoms with Crippen LogP contribution < -0.4 is 22.9 Å². The van der Waals surface area contributed by atoms with Crippen LogP contribution in [0.4, 0.5) is 0 Å². The molecule has 0 aliphatic carbocycles. The molecule has 0 saturated carbocycles. The van der Waals surface area contributed by atoms with Crippen molar-refractivity contribution in [3.8, 4) is 0 Å². The van der Waals surface area contributed by atoms with E-state index in [1.165, 1.54) is 24.9 Å². The van der Waals surface area contributed by atoms with Crippen molar-refractivity contribution in [3.63, 3.8) is 0 Å². The maximum Gasteiger partial charge on any atom is 0.337 e. The highest BCUT2D eigenvalue weighted by molar-refractivity contribution is 9.10. The van der Waals surface area contributed by atoms with Crippen molar-refractivity contribution in [2.45, 2.75) is 52.1 Å². The van der Waals surface area contributed by atoms with Gasteiger partial charge in [-0.15, -0.1) is 0 Å². The summed E-state index contributed by atoms with van der Waals surface area (Å²) in [5.41, 5.74) is 20.7. The Morgan fingerprint density at radius 1 is 1.03 bits per heavy atom. The lowest BCUT2D eigenvalue weighted by molar-refractivity contribution is -0.139. The number of rotatable bonds is 9. The first-order valence-electron chi connectivity index (χ1n) is 10.9. The van der Waals surface area contributed by atoms with Gasteiger partial charge in [-0.05, 0) is 54.1 Å². The number of halogens is 1. The third-order valence-corrected chi connectivity index (χ3v) is 4.27. The van der Waals surface area contributed by atoms with Crippen LogP contribution in [0.3, 0.4) is 0 Å². The van der Waals surface area contributed by atoms with Crippen LogP contribution in [0.25, 0.3) is 0 Å². The average molecular weight is 590 g/mol. The first-order valence-corrected chi connectivity index (χ1v) is 11.7. The van der Waals surface area contributed by atoms with E-state index < -0.39 is 30.0 Å². The molecule has 2 rings (SSSR count). The highest BCUT2D eigenvalue weighted by atomic mass is 79.9. The first-order chi connectivity index (χ1) is 17.2. The number of hydrogen-bond acceptors (Lipinski definition) is 9. The second-order valence-electron chi connectivity index (χ2n) is 7.78. The molecule has 0 aliphatic heterocycles. The average Bonchev–Trinajstić information content (AvgIpc) is 3.28. The summed E-state index contributed by atoms with van der Waals surface area (Å²) in [5, 5.41) is 25.1. The Morgan fingerprint density at radius 3 is 1.92 bits per heavy atom. The van der Waals surface area contributed by atoms with Crippen LogP contribution in [0.2, 0.25) is 0 Å². The van der Waals surface area contributed by atoms with Crippen molar-refractivity contribution in [3.05, 3.63) is 46.8 Å². The predicted molar refractivity (Wildman–Crippen MR) is 141 cm³/mol. The fourth-order valence-corrected chi connectivity index (χ4v) is 2.42. The Bertz CT molecular complexity index is 953. The molecule has 0 fully saturated rings. The van der Waals surface area contributed by atoms with Gasteiger partial charge in [-0.3, -0.25) is 19.6 Å². The van der Waals surface area contributed by atoms with Gasteiger partial charge in [-0.1, -0.05) is 13.8 Å². The van der Waals surface area contributed by atoms with Crippen LogP contribution in [-0.2, 0) is 9.59 Å². The molecule has 2 atom stereocenters. The number of aliphatic carboxylic acids is 2. The monoisotopic (exact) mass is 589 g/mol. The molecule has 2 aromatic rings. The lowest BCUT2D eigenvalue weighted by atomic mass is 10.1. The molecule has 0 amide bonds. The highest BCUT2D eigenvalue weighted by Gasteiger charge is 2.12. The first kappa shape index (κ1) is 35.6. The van der Waals surface area contributed by atoms with Gasteiger partial charge in [-0.25, -0.2) is 9.78 Å². The summed E-state index contributed by atoms with van der Waals surface area (Å²) in [7, 11) is 0. The number of oxazole rings is 1. The quantitative estimate of drug-likeness (QED) is 0.124. The van der Waals surface area contributed by atoms with Gasteiger partial charge in [-0.2, -0.15) is 0 Å². The molecule has 37 heavy (non-hydrogen) atoms. The molecule has 0 aromatic carbocycles. The third-order valence-electron chi connectivity index (χ3n) is 3.83. The van der Waals surface area contributed by atoms with E-state index in [1.807, 2.05) is 20.8 Å². The summed E-state index contributed by atoms with van der Waals surface area (Å²) in [6.07, 6.45) is 7.42. The van der Waals surface area contributed by atoms with Gasteiger partial charge >= 0.3 is 17.9 Å². The fraction of sp³-hybridized carbons (Fsp3) is 0.455. The van der Waals surface area contributed by atoms with Gasteiger partial charge in [0.05, 0.1) is 11.8 Å². The van der Waals surface area contributed by atoms with Gasteiger partial charge in [0.15, 0.2) is 12.4 Å². The van der Waals surface area contributed by atoms with Gasteiger partial charge in [0.25, 0.3) is 0 Å². The minimum Gasteiger partial charge on any atom is -0.480 e. The number of carboxylic acids is 3. The minimum absolute atomic E-state index is 0.0129. The second kappa shape index (κ2) is 20.6. The molecular weight excluding hydrogens is 554 g/mol. The summed E-state index contributed by atoms with van der Waals surface area (Å²) >= 11 is 3.10. The van der Waals surface area contributed by atoms with E-state index in [0.29, 0.717) is 36.2 Å². The van der Waals surface area contributed by atoms with E-state index in [-0.39, 0.29) is 11.5 Å². The molecular formula is C22H36BrN7O7. The van der Waals surface area contributed by atoms with Crippen LogP contribution in [0.15, 0.2) is 44.9 Å². The number of aromatic carboxylic acids is 1. The van der Waals surface area contributed by atoms with Gasteiger partial charge in [0.1, 0.15) is 17.8 Å². The zero-order valence-electron chi connectivity index (χ0n) is 21.0. The number of nitrogens with two attached hydrogens (primary N) is 4. The molecule has 0 radical (unpaired) electrons. The number of carbonyl (C=O) groups is 3. The van der Waals surface area contributed by atoms with E-state index in [9.17, 15) is 14.4 Å². The summed E-state index contributed by atoms with van der Waals surface area (Å²) in [6.45, 7) is 6.17. The number of aliphatic imine (C=N–C) groups is 1. The summed E-state index contributed by atoms with van der Waals surface area (Å²) in [6, 6.07) is -0.0146. The second-order valence-corrected chi connectivity index (χ2v) is 8.69. The van der Waals surface area contributed by atoms with Crippen LogP contribution in [0.1, 0.15) is 49.2 Å². The molecule has 2 aromatic heterocycles. The number of aromatic nitrogens is 2. The summed E-state index contributed by atoms with van der Waals surface area (Å²) < 4.78 is 5.40. The maximum absolute atomic E-state index is 10.3. The molecule has 11 N–H and O–H groups in total. The highest BCUT2D eigenvalue weighted by Crippen LogP contribution is 2.08. The molecule has 0 unspecified atom stereocenters. The molecule has 15 heteroatoms. The zero-order valence-corrected chi connectivity index (χ0v) is 22.5. The minimum atomic E-state index is -1.00. The van der Waals surface area contributed by atoms with Gasteiger partial charge < -0.3 is 42.7 Å². The molecule has 0 bridgehead atoms. The Balaban J connectivity index is 0. The van der Waals surface area contributed by atoms with Crippen molar-refractivity contribution in [1.29, 1.82) is 0 Å². The standard InChI is InChI=1S/C6H4BrNO2.C6H14N4O2.C6H13NO2.C4H5NO/c7-5-1-4(6(9)10)2-8-3-5;7-4(5(11)12)2-1-3-10-6(8)9;1-4(2)3-5(7)6(8)9;1-4-2-5-3-6-4/h1-3H,(H,9,10);4H,1-3,7H2,(H,11,12)(H4,8,9,10);4-5H,3,7H2,1-2H3,(H,8,9);2-3H,1H3/t;4-;5-;/m.00./s1. The van der Waals surface area contributed by atoms with Crippen molar-refractivity contribution in [1.82, 2.24) is 9.97 Å². The number of guanidine groups is 1. The van der Waals surface area contributed by atoms with Crippen molar-refractivity contribution < 1.29 is 34.1 Å². The number of hydrogen-bond donors (Lipinski definition) is 7. The number of carboxylic acid groups (broad SMARTS) is 3. The van der Waals surface area contributed by atoms with E-state index in [0.717, 1.165) is 5.76 Å². The van der Waals surface area contributed by atoms with E-state index in [4.69, 9.17) is 42.7 Å². The lowest BCUT2D eigenvalue weighted by Gasteiger charge is -2.07. The predicted octanol–water partition coefficient (Wildman–Crippen LogP) is 1.42. The van der Waals surface area contributed by atoms with E-state index in [2.05, 4.69) is 30.9 Å². The molecule has 0 saturated heterocycles. The van der Waals surface area contributed by atoms with Crippen LogP contribution >= 0.6 is 15.9 Å². The van der Waals surface area contributed by atoms with Gasteiger partial charge in [0.2, 0.25) is 0 Å². The lowest BCUT2D eigenvalue weighted by Crippen LogP contribution is -2.31. The number of pyridine rings is 1. The fourth-order valence-electron chi connectivity index (χ4n) is 2.06. The molecule has 0 aliphatic rings. The Morgan fingerprint density at radius 2 is 1.62 bits per heavy atom. The Kier molecular flexibility index (Phi) is 19.8.